The Balaban J connectivity index is 1.52. The van der Waals surface area contributed by atoms with E-state index in [2.05, 4.69) is 28.9 Å². The van der Waals surface area contributed by atoms with E-state index < -0.39 is 0 Å². The molecule has 0 spiro atoms. The number of piperidine rings is 1. The number of hydrogen-bond acceptors (Lipinski definition) is 5. The molecule has 0 radical (unpaired) electrons. The molecule has 0 amide bonds. The number of hydrogen-bond donors (Lipinski definition) is 0. The largest absolute Gasteiger partial charge is 0.494 e. The van der Waals surface area contributed by atoms with Gasteiger partial charge >= 0.3 is 0 Å². The van der Waals surface area contributed by atoms with Gasteiger partial charge in [-0.05, 0) is 49.6 Å². The average molecular weight is 363 g/mol. The van der Waals surface area contributed by atoms with Crippen LogP contribution in [0.25, 0.3) is 10.9 Å². The Morgan fingerprint density at radius 1 is 1.19 bits per heavy atom. The average Bonchev–Trinajstić information content (AvgIpc) is 2.73. The van der Waals surface area contributed by atoms with Crippen molar-refractivity contribution in [3.8, 4) is 5.75 Å². The smallest absolute Gasteiger partial charge is 0.145 e. The summed E-state index contributed by atoms with van der Waals surface area (Å²) < 4.78 is 11.6. The first-order valence-electron chi connectivity index (χ1n) is 9.45. The van der Waals surface area contributed by atoms with Gasteiger partial charge in [0.15, 0.2) is 0 Å². The molecule has 140 valence electrons. The molecule has 5 heteroatoms. The van der Waals surface area contributed by atoms with E-state index in [1.807, 2.05) is 30.3 Å². The van der Waals surface area contributed by atoms with Crippen LogP contribution in [0.5, 0.6) is 5.75 Å². The van der Waals surface area contributed by atoms with Gasteiger partial charge in [-0.3, -0.25) is 4.98 Å². The quantitative estimate of drug-likeness (QED) is 0.682. The Hall–Kier alpha value is -2.66. The summed E-state index contributed by atoms with van der Waals surface area (Å²) >= 11 is 0. The monoisotopic (exact) mass is 363 g/mol. The van der Waals surface area contributed by atoms with Crippen LogP contribution in [-0.2, 0) is 11.3 Å². The zero-order chi connectivity index (χ0) is 18.6. The van der Waals surface area contributed by atoms with Crippen LogP contribution in [0.1, 0.15) is 24.1 Å². The van der Waals surface area contributed by atoms with E-state index in [4.69, 9.17) is 14.5 Å². The number of pyridine rings is 2. The van der Waals surface area contributed by atoms with Crippen molar-refractivity contribution in [1.29, 1.82) is 0 Å². The van der Waals surface area contributed by atoms with E-state index in [-0.39, 0.29) is 6.10 Å². The predicted molar refractivity (Wildman–Crippen MR) is 107 cm³/mol. The topological polar surface area (TPSA) is 47.5 Å². The molecule has 1 aliphatic rings. The molecule has 1 aliphatic heterocycles. The second kappa shape index (κ2) is 7.92. The zero-order valence-corrected chi connectivity index (χ0v) is 15.9. The maximum atomic E-state index is 6.13. The van der Waals surface area contributed by atoms with E-state index in [0.717, 1.165) is 54.1 Å². The summed E-state index contributed by atoms with van der Waals surface area (Å²) in [5.41, 5.74) is 3.11. The lowest BCUT2D eigenvalue weighted by Gasteiger charge is -2.33. The zero-order valence-electron chi connectivity index (χ0n) is 15.9. The van der Waals surface area contributed by atoms with Gasteiger partial charge in [0.05, 0.1) is 25.5 Å². The minimum atomic E-state index is 0.191. The maximum absolute atomic E-state index is 6.13. The number of aryl methyl sites for hydroxylation is 1. The molecule has 2 aromatic heterocycles. The summed E-state index contributed by atoms with van der Waals surface area (Å²) in [5.74, 6) is 1.81. The lowest BCUT2D eigenvalue weighted by molar-refractivity contribution is 0.0297. The predicted octanol–water partition coefficient (Wildman–Crippen LogP) is 4.13. The standard InChI is InChI=1S/C22H25N3O2/c1-16-13-21(24-22-19(16)9-5-10-20(22)26-2)25-12-6-8-18(14-25)27-15-17-7-3-4-11-23-17/h3-5,7,9-11,13,18H,6,8,12,14-15H2,1-2H3. The minimum absolute atomic E-state index is 0.191. The molecule has 1 saturated heterocycles. The molecule has 0 aliphatic carbocycles. The molecule has 5 nitrogen and oxygen atoms in total. The van der Waals surface area contributed by atoms with Gasteiger partial charge in [0.2, 0.25) is 0 Å². The van der Waals surface area contributed by atoms with Crippen LogP contribution in [0.2, 0.25) is 0 Å². The molecule has 1 fully saturated rings. The number of anilines is 1. The van der Waals surface area contributed by atoms with Crippen molar-refractivity contribution in [3.63, 3.8) is 0 Å². The van der Waals surface area contributed by atoms with Gasteiger partial charge in [-0.15, -0.1) is 0 Å². The van der Waals surface area contributed by atoms with E-state index in [0.29, 0.717) is 6.61 Å². The van der Waals surface area contributed by atoms with Crippen LogP contribution < -0.4 is 9.64 Å². The summed E-state index contributed by atoms with van der Waals surface area (Å²) in [5, 5.41) is 1.14. The highest BCUT2D eigenvalue weighted by atomic mass is 16.5. The number of methoxy groups -OCH3 is 1. The molecule has 1 atom stereocenters. The van der Waals surface area contributed by atoms with E-state index in [1.165, 1.54) is 5.56 Å². The number of para-hydroxylation sites is 1. The van der Waals surface area contributed by atoms with Gasteiger partial charge in [0.1, 0.15) is 17.1 Å². The fourth-order valence-electron chi connectivity index (χ4n) is 3.67. The lowest BCUT2D eigenvalue weighted by atomic mass is 10.1. The molecule has 1 unspecified atom stereocenters. The maximum Gasteiger partial charge on any atom is 0.145 e. The SMILES string of the molecule is COc1cccc2c(C)cc(N3CCCC(OCc4ccccn4)C3)nc12. The molecule has 0 N–H and O–H groups in total. The minimum Gasteiger partial charge on any atom is -0.494 e. The summed E-state index contributed by atoms with van der Waals surface area (Å²) in [6.07, 6.45) is 4.16. The van der Waals surface area contributed by atoms with Gasteiger partial charge in [0.25, 0.3) is 0 Å². The first-order chi connectivity index (χ1) is 13.2. The molecule has 1 aromatic carbocycles. The number of fused-ring (bicyclic) bond motifs is 1. The fraction of sp³-hybridized carbons (Fsp3) is 0.364. The van der Waals surface area contributed by atoms with Gasteiger partial charge in [-0.2, -0.15) is 0 Å². The molecular weight excluding hydrogens is 338 g/mol. The Kier molecular flexibility index (Phi) is 5.21. The second-order valence-corrected chi connectivity index (χ2v) is 7.00. The van der Waals surface area contributed by atoms with Crippen molar-refractivity contribution in [1.82, 2.24) is 9.97 Å². The highest BCUT2D eigenvalue weighted by Crippen LogP contribution is 2.30. The van der Waals surface area contributed by atoms with E-state index >= 15 is 0 Å². The fourth-order valence-corrected chi connectivity index (χ4v) is 3.67. The van der Waals surface area contributed by atoms with Crippen LogP contribution in [0.3, 0.4) is 0 Å². The van der Waals surface area contributed by atoms with Crippen molar-refractivity contribution in [2.75, 3.05) is 25.1 Å². The number of nitrogens with zero attached hydrogens (tertiary/aromatic N) is 3. The third kappa shape index (κ3) is 3.88. The third-order valence-electron chi connectivity index (χ3n) is 5.11. The first kappa shape index (κ1) is 17.7. The summed E-state index contributed by atoms with van der Waals surface area (Å²) in [6, 6.07) is 14.2. The normalized spacial score (nSPS) is 17.3. The van der Waals surface area contributed by atoms with Crippen molar-refractivity contribution < 1.29 is 9.47 Å². The van der Waals surface area contributed by atoms with Crippen molar-refractivity contribution >= 4 is 16.7 Å². The van der Waals surface area contributed by atoms with E-state index in [9.17, 15) is 0 Å². The Morgan fingerprint density at radius 2 is 2.11 bits per heavy atom. The Morgan fingerprint density at radius 3 is 2.93 bits per heavy atom. The molecule has 0 saturated carbocycles. The molecule has 4 rings (SSSR count). The van der Waals surface area contributed by atoms with Crippen molar-refractivity contribution in [2.45, 2.75) is 32.5 Å². The number of rotatable bonds is 5. The van der Waals surface area contributed by atoms with Gasteiger partial charge in [0, 0.05) is 24.7 Å². The first-order valence-corrected chi connectivity index (χ1v) is 9.45. The van der Waals surface area contributed by atoms with E-state index in [1.54, 1.807) is 13.3 Å². The Bertz CT molecular complexity index is 914. The van der Waals surface area contributed by atoms with Gasteiger partial charge in [-0.1, -0.05) is 18.2 Å². The molecular formula is C22H25N3O2. The molecule has 27 heavy (non-hydrogen) atoms. The van der Waals surface area contributed by atoms with Crippen LogP contribution in [-0.4, -0.2) is 36.3 Å². The third-order valence-corrected chi connectivity index (χ3v) is 5.11. The van der Waals surface area contributed by atoms with Crippen LogP contribution in [0.4, 0.5) is 5.82 Å². The number of ether oxygens (including phenoxy) is 2. The van der Waals surface area contributed by atoms with Crippen molar-refractivity contribution in [3.05, 3.63) is 59.9 Å². The second-order valence-electron chi connectivity index (χ2n) is 7.00. The van der Waals surface area contributed by atoms with Gasteiger partial charge < -0.3 is 14.4 Å². The van der Waals surface area contributed by atoms with Gasteiger partial charge in [-0.25, -0.2) is 4.98 Å². The highest BCUT2D eigenvalue weighted by molar-refractivity contribution is 5.88. The van der Waals surface area contributed by atoms with Crippen LogP contribution in [0.15, 0.2) is 48.7 Å². The number of aromatic nitrogens is 2. The highest BCUT2D eigenvalue weighted by Gasteiger charge is 2.22. The number of benzene rings is 1. The molecule has 3 aromatic rings. The lowest BCUT2D eigenvalue weighted by Crippen LogP contribution is -2.40. The van der Waals surface area contributed by atoms with Crippen LogP contribution >= 0.6 is 0 Å². The Labute approximate surface area is 160 Å². The molecule has 0 bridgehead atoms. The summed E-state index contributed by atoms with van der Waals surface area (Å²) in [6.45, 7) is 4.53. The summed E-state index contributed by atoms with van der Waals surface area (Å²) in [7, 11) is 1.70. The van der Waals surface area contributed by atoms with Crippen LogP contribution in [0, 0.1) is 6.92 Å². The van der Waals surface area contributed by atoms with Crippen molar-refractivity contribution in [2.24, 2.45) is 0 Å². The molecule has 3 heterocycles. The summed E-state index contributed by atoms with van der Waals surface area (Å²) in [4.78, 5) is 11.6.